The molecule has 2 aliphatic heterocycles. The van der Waals surface area contributed by atoms with Gasteiger partial charge >= 0.3 is 0 Å². The summed E-state index contributed by atoms with van der Waals surface area (Å²) in [6.45, 7) is 5.64. The Morgan fingerprint density at radius 3 is 3.04 bits per heavy atom. The van der Waals surface area contributed by atoms with E-state index in [1.54, 1.807) is 12.5 Å². The van der Waals surface area contributed by atoms with Gasteiger partial charge in [0, 0.05) is 30.6 Å². The van der Waals surface area contributed by atoms with Crippen LogP contribution in [0.5, 0.6) is 0 Å². The second kappa shape index (κ2) is 5.16. The number of nitrogens with zero attached hydrogens (tertiary/aromatic N) is 3. The number of aromatic nitrogens is 2. The van der Waals surface area contributed by atoms with Crippen molar-refractivity contribution in [3.8, 4) is 11.4 Å². The second-order valence-electron chi connectivity index (χ2n) is 6.53. The summed E-state index contributed by atoms with van der Waals surface area (Å²) in [6.07, 6.45) is 5.84. The lowest BCUT2D eigenvalue weighted by Crippen LogP contribution is -2.36. The summed E-state index contributed by atoms with van der Waals surface area (Å²) < 4.78 is 11.2. The van der Waals surface area contributed by atoms with Gasteiger partial charge in [-0.1, -0.05) is 13.8 Å². The molecule has 0 radical (unpaired) electrons. The molecule has 2 aliphatic rings. The molecule has 6 nitrogen and oxygen atoms in total. The van der Waals surface area contributed by atoms with E-state index in [1.807, 2.05) is 31.0 Å². The van der Waals surface area contributed by atoms with Crippen LogP contribution in [-0.2, 0) is 21.7 Å². The maximum atomic E-state index is 12.3. The minimum atomic E-state index is -0.485. The van der Waals surface area contributed by atoms with Crippen LogP contribution >= 0.6 is 0 Å². The van der Waals surface area contributed by atoms with Crippen molar-refractivity contribution in [2.45, 2.75) is 32.5 Å². The zero-order chi connectivity index (χ0) is 16.0. The highest BCUT2D eigenvalue weighted by molar-refractivity contribution is 5.78. The molecule has 0 N–H and O–H groups in total. The van der Waals surface area contributed by atoms with E-state index in [9.17, 15) is 4.79 Å². The van der Waals surface area contributed by atoms with Gasteiger partial charge in [0.25, 0.3) is 0 Å². The van der Waals surface area contributed by atoms with Crippen LogP contribution in [0.25, 0.3) is 11.4 Å². The summed E-state index contributed by atoms with van der Waals surface area (Å²) in [5.74, 6) is 0.803. The predicted octanol–water partition coefficient (Wildman–Crippen LogP) is 2.35. The van der Waals surface area contributed by atoms with Gasteiger partial charge in [-0.05, 0) is 6.07 Å². The average molecular weight is 313 g/mol. The summed E-state index contributed by atoms with van der Waals surface area (Å²) in [6, 6.07) is 1.84. The lowest BCUT2D eigenvalue weighted by Gasteiger charge is -2.24. The first kappa shape index (κ1) is 14.4. The molecule has 23 heavy (non-hydrogen) atoms. The third kappa shape index (κ3) is 2.25. The molecule has 120 valence electrons. The van der Waals surface area contributed by atoms with E-state index in [0.29, 0.717) is 25.5 Å². The number of hydrogen-bond acceptors (Lipinski definition) is 5. The largest absolute Gasteiger partial charge is 0.472 e. The lowest BCUT2D eigenvalue weighted by molar-refractivity contribution is -0.135. The summed E-state index contributed by atoms with van der Waals surface area (Å²) in [7, 11) is 0. The van der Waals surface area contributed by atoms with E-state index in [2.05, 4.69) is 4.98 Å². The quantitative estimate of drug-likeness (QED) is 0.851. The highest BCUT2D eigenvalue weighted by Gasteiger charge is 2.48. The Bertz CT molecular complexity index is 742. The molecule has 2 aromatic rings. The fourth-order valence-electron chi connectivity index (χ4n) is 3.37. The van der Waals surface area contributed by atoms with Crippen molar-refractivity contribution in [2.24, 2.45) is 5.92 Å². The molecule has 2 aromatic heterocycles. The third-order valence-electron chi connectivity index (χ3n) is 4.62. The summed E-state index contributed by atoms with van der Waals surface area (Å²) in [5, 5.41) is 0. The maximum absolute atomic E-state index is 12.3. The topological polar surface area (TPSA) is 68.5 Å². The first-order chi connectivity index (χ1) is 11.1. The zero-order valence-electron chi connectivity index (χ0n) is 13.3. The van der Waals surface area contributed by atoms with Gasteiger partial charge in [-0.2, -0.15) is 0 Å². The summed E-state index contributed by atoms with van der Waals surface area (Å²) >= 11 is 0. The number of carbonyl (C=O) groups excluding carboxylic acids is 1. The average Bonchev–Trinajstić information content (AvgIpc) is 3.28. The number of ether oxygens (including phenoxy) is 1. The summed E-state index contributed by atoms with van der Waals surface area (Å²) in [4.78, 5) is 23.3. The van der Waals surface area contributed by atoms with Crippen LogP contribution in [0.3, 0.4) is 0 Å². The molecular formula is C17H19N3O3. The van der Waals surface area contributed by atoms with Gasteiger partial charge in [-0.3, -0.25) is 4.79 Å². The predicted molar refractivity (Wildman–Crippen MR) is 82.2 cm³/mol. The Morgan fingerprint density at radius 2 is 2.30 bits per heavy atom. The first-order valence-electron chi connectivity index (χ1n) is 7.91. The molecule has 1 spiro atoms. The van der Waals surface area contributed by atoms with Crippen LogP contribution in [0.1, 0.15) is 31.5 Å². The van der Waals surface area contributed by atoms with Crippen LogP contribution in [-0.4, -0.2) is 33.9 Å². The smallest absolute Gasteiger partial charge is 0.225 e. The molecule has 0 aliphatic carbocycles. The number of carbonyl (C=O) groups is 1. The van der Waals surface area contributed by atoms with Crippen molar-refractivity contribution in [3.63, 3.8) is 0 Å². The minimum Gasteiger partial charge on any atom is -0.472 e. The van der Waals surface area contributed by atoms with Gasteiger partial charge in [0.1, 0.15) is 11.9 Å². The molecule has 0 saturated carbocycles. The first-order valence-corrected chi connectivity index (χ1v) is 7.91. The van der Waals surface area contributed by atoms with Crippen molar-refractivity contribution >= 4 is 5.91 Å². The molecule has 1 atom stereocenters. The Labute approximate surface area is 134 Å². The van der Waals surface area contributed by atoms with Gasteiger partial charge in [0.05, 0.1) is 30.7 Å². The highest BCUT2D eigenvalue weighted by Crippen LogP contribution is 2.42. The Morgan fingerprint density at radius 1 is 1.43 bits per heavy atom. The van der Waals surface area contributed by atoms with Gasteiger partial charge in [0.15, 0.2) is 5.82 Å². The minimum absolute atomic E-state index is 0.00193. The van der Waals surface area contributed by atoms with Crippen LogP contribution < -0.4 is 0 Å². The Hall–Kier alpha value is -2.21. The molecular weight excluding hydrogens is 294 g/mol. The third-order valence-corrected chi connectivity index (χ3v) is 4.62. The summed E-state index contributed by atoms with van der Waals surface area (Å²) in [5.41, 5.74) is 2.29. The fraction of sp³-hybridized carbons (Fsp3) is 0.471. The van der Waals surface area contributed by atoms with Gasteiger partial charge in [-0.15, -0.1) is 0 Å². The fourth-order valence-corrected chi connectivity index (χ4v) is 3.37. The van der Waals surface area contributed by atoms with Crippen molar-refractivity contribution in [1.82, 2.24) is 14.9 Å². The molecule has 4 heterocycles. The van der Waals surface area contributed by atoms with E-state index in [1.165, 1.54) is 0 Å². The normalized spacial score (nSPS) is 23.0. The van der Waals surface area contributed by atoms with Crippen molar-refractivity contribution in [3.05, 3.63) is 36.0 Å². The molecule has 0 aromatic carbocycles. The van der Waals surface area contributed by atoms with Gasteiger partial charge in [-0.25, -0.2) is 9.97 Å². The van der Waals surface area contributed by atoms with Gasteiger partial charge in [0.2, 0.25) is 5.91 Å². The SMILES string of the molecule is CC(C)C(=O)N1CC[C@@]2(C1)OCc1cnc(-c3ccoc3)nc12. The van der Waals surface area contributed by atoms with Crippen molar-refractivity contribution in [2.75, 3.05) is 13.1 Å². The molecule has 1 saturated heterocycles. The van der Waals surface area contributed by atoms with Crippen molar-refractivity contribution in [1.29, 1.82) is 0 Å². The Kier molecular flexibility index (Phi) is 3.23. The van der Waals surface area contributed by atoms with Gasteiger partial charge < -0.3 is 14.1 Å². The highest BCUT2D eigenvalue weighted by atomic mass is 16.5. The van der Waals surface area contributed by atoms with E-state index in [-0.39, 0.29) is 11.8 Å². The second-order valence-corrected chi connectivity index (χ2v) is 6.53. The zero-order valence-corrected chi connectivity index (χ0v) is 13.3. The van der Waals surface area contributed by atoms with E-state index in [4.69, 9.17) is 14.1 Å². The number of fused-ring (bicyclic) bond motifs is 2. The Balaban J connectivity index is 1.67. The maximum Gasteiger partial charge on any atom is 0.225 e. The van der Waals surface area contributed by atoms with Crippen LogP contribution in [0.15, 0.2) is 29.2 Å². The van der Waals surface area contributed by atoms with Crippen LogP contribution in [0.2, 0.25) is 0 Å². The van der Waals surface area contributed by atoms with Crippen molar-refractivity contribution < 1.29 is 13.9 Å². The van der Waals surface area contributed by atoms with E-state index < -0.39 is 5.60 Å². The van der Waals surface area contributed by atoms with Crippen LogP contribution in [0.4, 0.5) is 0 Å². The number of amides is 1. The molecule has 6 heteroatoms. The standard InChI is InChI=1S/C17H19N3O3/c1-11(2)16(21)20-5-4-17(10-20)14-13(9-23-17)7-18-15(19-14)12-3-6-22-8-12/h3,6-8,11H,4-5,9-10H2,1-2H3/t17-/m0/s1. The monoisotopic (exact) mass is 313 g/mol. The molecule has 4 rings (SSSR count). The molecule has 1 fully saturated rings. The molecule has 0 bridgehead atoms. The van der Waals surface area contributed by atoms with E-state index in [0.717, 1.165) is 23.2 Å². The number of rotatable bonds is 2. The number of likely N-dealkylation sites (tertiary alicyclic amines) is 1. The number of furan rings is 1. The molecule has 0 unspecified atom stereocenters. The van der Waals surface area contributed by atoms with E-state index >= 15 is 0 Å². The molecule has 1 amide bonds. The van der Waals surface area contributed by atoms with Crippen LogP contribution in [0, 0.1) is 5.92 Å². The number of hydrogen-bond donors (Lipinski definition) is 0. The lowest BCUT2D eigenvalue weighted by atomic mass is 9.97.